The van der Waals surface area contributed by atoms with E-state index in [1.165, 1.54) is 11.0 Å². The lowest BCUT2D eigenvalue weighted by Crippen LogP contribution is -2.45. The van der Waals surface area contributed by atoms with E-state index in [0.29, 0.717) is 29.8 Å². The number of amides is 2. The van der Waals surface area contributed by atoms with Crippen LogP contribution in [0.3, 0.4) is 0 Å². The molecule has 2 heterocycles. The summed E-state index contributed by atoms with van der Waals surface area (Å²) < 4.78 is 5.60. The molecular weight excluding hydrogens is 356 g/mol. The molecule has 28 heavy (non-hydrogen) atoms. The monoisotopic (exact) mass is 380 g/mol. The first-order chi connectivity index (χ1) is 13.2. The minimum absolute atomic E-state index is 0.0440. The van der Waals surface area contributed by atoms with E-state index >= 15 is 0 Å². The summed E-state index contributed by atoms with van der Waals surface area (Å²) >= 11 is 0. The van der Waals surface area contributed by atoms with Crippen LogP contribution < -0.4 is 9.80 Å². The first-order valence-corrected chi connectivity index (χ1v) is 9.41. The molecule has 0 saturated carbocycles. The summed E-state index contributed by atoms with van der Waals surface area (Å²) in [5, 5.41) is 10.2. The molecule has 2 aliphatic rings. The zero-order chi connectivity index (χ0) is 20.2. The lowest BCUT2D eigenvalue weighted by atomic mass is 10.1. The van der Waals surface area contributed by atoms with Gasteiger partial charge in [-0.25, -0.2) is 4.79 Å². The van der Waals surface area contributed by atoms with Gasteiger partial charge < -0.3 is 14.7 Å². The smallest absolute Gasteiger partial charge is 0.414 e. The van der Waals surface area contributed by atoms with Crippen molar-refractivity contribution in [3.05, 3.63) is 53.1 Å². The molecule has 2 aliphatic heterocycles. The average molecular weight is 380 g/mol. The van der Waals surface area contributed by atoms with Crippen LogP contribution in [0.2, 0.25) is 0 Å². The lowest BCUT2D eigenvalue weighted by Gasteiger charge is -2.29. The van der Waals surface area contributed by atoms with Crippen molar-refractivity contribution in [2.24, 2.45) is 0 Å². The average Bonchev–Trinajstić information content (AvgIpc) is 2.92. The SMILES string of the molecule is Cc1cc2c(cc1O)N(C(=O)OC(C)(C)C)C[C@@H]1Cc3ccccc3N1C2=O. The van der Waals surface area contributed by atoms with Crippen LogP contribution in [-0.2, 0) is 11.2 Å². The Hall–Kier alpha value is -3.02. The second-order valence-electron chi connectivity index (χ2n) is 8.41. The number of benzene rings is 2. The molecule has 0 saturated heterocycles. The maximum Gasteiger partial charge on any atom is 0.414 e. The molecule has 0 bridgehead atoms. The van der Waals surface area contributed by atoms with E-state index in [1.807, 2.05) is 24.3 Å². The highest BCUT2D eigenvalue weighted by atomic mass is 16.6. The molecule has 1 N–H and O–H groups in total. The zero-order valence-corrected chi connectivity index (χ0v) is 16.5. The van der Waals surface area contributed by atoms with Crippen LogP contribution in [0.25, 0.3) is 0 Å². The number of rotatable bonds is 0. The van der Waals surface area contributed by atoms with Gasteiger partial charge in [0.15, 0.2) is 0 Å². The molecule has 0 spiro atoms. The summed E-state index contributed by atoms with van der Waals surface area (Å²) in [7, 11) is 0. The minimum Gasteiger partial charge on any atom is -0.508 e. The van der Waals surface area contributed by atoms with Crippen molar-refractivity contribution in [2.75, 3.05) is 16.3 Å². The van der Waals surface area contributed by atoms with E-state index < -0.39 is 11.7 Å². The molecule has 1 atom stereocenters. The van der Waals surface area contributed by atoms with Crippen molar-refractivity contribution in [3.63, 3.8) is 0 Å². The first-order valence-electron chi connectivity index (χ1n) is 9.41. The highest BCUT2D eigenvalue weighted by Gasteiger charge is 2.42. The zero-order valence-electron chi connectivity index (χ0n) is 16.5. The van der Waals surface area contributed by atoms with E-state index in [2.05, 4.69) is 0 Å². The van der Waals surface area contributed by atoms with Crippen molar-refractivity contribution in [3.8, 4) is 5.75 Å². The number of para-hydroxylation sites is 1. The molecule has 0 aliphatic carbocycles. The maximum atomic E-state index is 13.5. The number of phenols is 1. The summed E-state index contributed by atoms with van der Waals surface area (Å²) in [4.78, 5) is 29.7. The summed E-state index contributed by atoms with van der Waals surface area (Å²) in [6.45, 7) is 7.45. The number of hydrogen-bond donors (Lipinski definition) is 1. The number of carbonyl (C=O) groups is 2. The van der Waals surface area contributed by atoms with E-state index in [-0.39, 0.29) is 17.7 Å². The third kappa shape index (κ3) is 2.99. The fourth-order valence-electron chi connectivity index (χ4n) is 3.89. The van der Waals surface area contributed by atoms with Crippen LogP contribution >= 0.6 is 0 Å². The summed E-state index contributed by atoms with van der Waals surface area (Å²) in [5.74, 6) is -0.123. The Balaban J connectivity index is 1.85. The van der Waals surface area contributed by atoms with Gasteiger partial charge in [-0.2, -0.15) is 0 Å². The van der Waals surface area contributed by atoms with Gasteiger partial charge in [-0.15, -0.1) is 0 Å². The molecule has 0 unspecified atom stereocenters. The molecule has 2 amide bonds. The molecular formula is C22H24N2O4. The molecule has 6 heteroatoms. The van der Waals surface area contributed by atoms with E-state index in [1.54, 1.807) is 38.7 Å². The second kappa shape index (κ2) is 6.26. The van der Waals surface area contributed by atoms with Crippen molar-refractivity contribution < 1.29 is 19.4 Å². The summed E-state index contributed by atoms with van der Waals surface area (Å²) in [5.41, 5.74) is 2.65. The number of carbonyl (C=O) groups excluding carboxylic acids is 2. The molecule has 146 valence electrons. The van der Waals surface area contributed by atoms with E-state index in [9.17, 15) is 14.7 Å². The standard InChI is InChI=1S/C22H24N2O4/c1-13-9-16-18(11-19(13)25)23(21(27)28-22(2,3)4)12-15-10-14-7-5-6-8-17(14)24(15)20(16)26/h5-9,11,15,25H,10,12H2,1-4H3/t15-/m0/s1. The van der Waals surface area contributed by atoms with Crippen molar-refractivity contribution in [1.82, 2.24) is 0 Å². The summed E-state index contributed by atoms with van der Waals surface area (Å²) in [6.07, 6.45) is 0.141. The van der Waals surface area contributed by atoms with Crippen molar-refractivity contribution >= 4 is 23.4 Å². The Morgan fingerprint density at radius 1 is 1.18 bits per heavy atom. The number of aryl methyl sites for hydroxylation is 1. The molecule has 6 nitrogen and oxygen atoms in total. The Labute approximate surface area is 164 Å². The lowest BCUT2D eigenvalue weighted by molar-refractivity contribution is 0.0578. The highest BCUT2D eigenvalue weighted by Crippen LogP contribution is 2.40. The van der Waals surface area contributed by atoms with Gasteiger partial charge in [0.05, 0.1) is 23.8 Å². The molecule has 4 rings (SSSR count). The van der Waals surface area contributed by atoms with Gasteiger partial charge in [0, 0.05) is 11.8 Å². The Morgan fingerprint density at radius 3 is 2.61 bits per heavy atom. The highest BCUT2D eigenvalue weighted by molar-refractivity contribution is 6.14. The molecule has 0 aromatic heterocycles. The molecule has 0 radical (unpaired) electrons. The van der Waals surface area contributed by atoms with Crippen molar-refractivity contribution in [2.45, 2.75) is 45.8 Å². The van der Waals surface area contributed by atoms with E-state index in [4.69, 9.17) is 4.74 Å². The predicted octanol–water partition coefficient (Wildman–Crippen LogP) is 4.03. The quantitative estimate of drug-likeness (QED) is 0.749. The topological polar surface area (TPSA) is 70.1 Å². The van der Waals surface area contributed by atoms with Crippen LogP contribution in [0.15, 0.2) is 36.4 Å². The van der Waals surface area contributed by atoms with Crippen LogP contribution in [0.1, 0.15) is 42.3 Å². The number of hydrogen-bond acceptors (Lipinski definition) is 4. The van der Waals surface area contributed by atoms with Gasteiger partial charge in [0.25, 0.3) is 5.91 Å². The minimum atomic E-state index is -0.668. The van der Waals surface area contributed by atoms with E-state index in [0.717, 1.165) is 11.3 Å². The number of anilines is 2. The molecule has 2 aromatic rings. The fourth-order valence-corrected chi connectivity index (χ4v) is 3.89. The largest absolute Gasteiger partial charge is 0.508 e. The number of nitrogens with zero attached hydrogens (tertiary/aromatic N) is 2. The van der Waals surface area contributed by atoms with Crippen LogP contribution in [0.4, 0.5) is 16.2 Å². The van der Waals surface area contributed by atoms with Gasteiger partial charge in [0.1, 0.15) is 11.4 Å². The van der Waals surface area contributed by atoms with Crippen LogP contribution in [0.5, 0.6) is 5.75 Å². The molecule has 0 fully saturated rings. The van der Waals surface area contributed by atoms with Crippen LogP contribution in [0, 0.1) is 6.92 Å². The van der Waals surface area contributed by atoms with Crippen LogP contribution in [-0.4, -0.2) is 35.3 Å². The normalized spacial score (nSPS) is 18.3. The summed E-state index contributed by atoms with van der Waals surface area (Å²) in [6, 6.07) is 10.8. The second-order valence-corrected chi connectivity index (χ2v) is 8.41. The maximum absolute atomic E-state index is 13.5. The predicted molar refractivity (Wildman–Crippen MR) is 107 cm³/mol. The number of aromatic hydroxyl groups is 1. The first kappa shape index (κ1) is 18.3. The van der Waals surface area contributed by atoms with Gasteiger partial charge in [-0.3, -0.25) is 9.69 Å². The van der Waals surface area contributed by atoms with Crippen molar-refractivity contribution in [1.29, 1.82) is 0 Å². The number of fused-ring (bicyclic) bond motifs is 4. The van der Waals surface area contributed by atoms with Gasteiger partial charge >= 0.3 is 6.09 Å². The Kier molecular flexibility index (Phi) is 4.10. The Morgan fingerprint density at radius 2 is 1.89 bits per heavy atom. The fraction of sp³-hybridized carbons (Fsp3) is 0.364. The third-order valence-corrected chi connectivity index (χ3v) is 5.13. The third-order valence-electron chi connectivity index (χ3n) is 5.13. The van der Waals surface area contributed by atoms with Gasteiger partial charge in [-0.1, -0.05) is 18.2 Å². The molecule has 2 aromatic carbocycles. The van der Waals surface area contributed by atoms with Gasteiger partial charge in [-0.05, 0) is 57.4 Å². The van der Waals surface area contributed by atoms with Gasteiger partial charge in [0.2, 0.25) is 0 Å². The number of phenolic OH excluding ortho intramolecular Hbond substituents is 1. The number of ether oxygens (including phenoxy) is 1. The Bertz CT molecular complexity index is 977.